The Hall–Kier alpha value is -3.52. The molecule has 3 aromatic carbocycles. The van der Waals surface area contributed by atoms with Crippen LogP contribution in [0.15, 0.2) is 54.6 Å². The smallest absolute Gasteiger partial charge is 0.274 e. The van der Waals surface area contributed by atoms with Crippen LogP contribution < -0.4 is 10.1 Å². The molecule has 1 heterocycles. The van der Waals surface area contributed by atoms with Crippen molar-refractivity contribution in [2.24, 2.45) is 0 Å². The zero-order valence-electron chi connectivity index (χ0n) is 14.1. The Balaban J connectivity index is 1.67. The molecule has 0 spiro atoms. The van der Waals surface area contributed by atoms with E-state index in [1.54, 1.807) is 6.07 Å². The van der Waals surface area contributed by atoms with Crippen LogP contribution in [0.5, 0.6) is 5.75 Å². The lowest BCUT2D eigenvalue weighted by Crippen LogP contribution is -2.11. The highest BCUT2D eigenvalue weighted by molar-refractivity contribution is 7.22. The van der Waals surface area contributed by atoms with Gasteiger partial charge in [-0.1, -0.05) is 41.7 Å². The van der Waals surface area contributed by atoms with E-state index in [-0.39, 0.29) is 11.6 Å². The molecule has 8 heteroatoms. The number of fused-ring (bicyclic) bond motifs is 2. The fourth-order valence-electron chi connectivity index (χ4n) is 2.80. The zero-order valence-corrected chi connectivity index (χ0v) is 14.9. The molecule has 0 aliphatic carbocycles. The van der Waals surface area contributed by atoms with E-state index in [0.717, 1.165) is 22.1 Å². The summed E-state index contributed by atoms with van der Waals surface area (Å²) in [5.41, 5.74) is 0.892. The Morgan fingerprint density at radius 1 is 1.15 bits per heavy atom. The molecule has 0 atom stereocenters. The third-order valence-electron chi connectivity index (χ3n) is 4.11. The molecule has 4 rings (SSSR count). The summed E-state index contributed by atoms with van der Waals surface area (Å²) in [5.74, 6) is -0.00469. The highest BCUT2D eigenvalue weighted by Crippen LogP contribution is 2.36. The molecule has 0 aliphatic heterocycles. The summed E-state index contributed by atoms with van der Waals surface area (Å²) >= 11 is 1.16. The maximum absolute atomic E-state index is 12.6. The topological polar surface area (TPSA) is 94.4 Å². The van der Waals surface area contributed by atoms with Crippen molar-refractivity contribution in [3.05, 3.63) is 70.3 Å². The second kappa shape index (κ2) is 6.65. The third kappa shape index (κ3) is 3.18. The number of nitro benzene ring substituents is 1. The van der Waals surface area contributed by atoms with Crippen LogP contribution in [0, 0.1) is 10.1 Å². The van der Waals surface area contributed by atoms with E-state index >= 15 is 0 Å². The minimum Gasteiger partial charge on any atom is -0.494 e. The van der Waals surface area contributed by atoms with Gasteiger partial charge in [-0.2, -0.15) is 0 Å². The molecule has 0 aliphatic rings. The van der Waals surface area contributed by atoms with Gasteiger partial charge in [-0.25, -0.2) is 4.98 Å². The summed E-state index contributed by atoms with van der Waals surface area (Å²) in [6.45, 7) is 0. The normalized spacial score (nSPS) is 10.9. The van der Waals surface area contributed by atoms with Gasteiger partial charge in [0.25, 0.3) is 11.6 Å². The number of methoxy groups -OCH3 is 1. The summed E-state index contributed by atoms with van der Waals surface area (Å²) in [6.07, 6.45) is 0. The van der Waals surface area contributed by atoms with Crippen molar-refractivity contribution in [1.29, 1.82) is 0 Å². The van der Waals surface area contributed by atoms with Crippen LogP contribution in [-0.4, -0.2) is 22.9 Å². The van der Waals surface area contributed by atoms with Gasteiger partial charge in [0.15, 0.2) is 10.9 Å². The van der Waals surface area contributed by atoms with Crippen molar-refractivity contribution in [2.45, 2.75) is 0 Å². The van der Waals surface area contributed by atoms with Crippen LogP contribution >= 0.6 is 11.3 Å². The first-order valence-electron chi connectivity index (χ1n) is 7.98. The molecule has 0 saturated carbocycles. The molecule has 0 saturated heterocycles. The number of nitro groups is 1. The van der Waals surface area contributed by atoms with Crippen molar-refractivity contribution in [1.82, 2.24) is 4.98 Å². The number of hydrogen-bond acceptors (Lipinski definition) is 6. The Morgan fingerprint density at radius 2 is 1.93 bits per heavy atom. The number of aromatic nitrogens is 1. The van der Waals surface area contributed by atoms with Gasteiger partial charge < -0.3 is 4.74 Å². The van der Waals surface area contributed by atoms with E-state index in [1.807, 2.05) is 36.4 Å². The predicted octanol–water partition coefficient (Wildman–Crippen LogP) is 4.62. The number of anilines is 1. The summed E-state index contributed by atoms with van der Waals surface area (Å²) in [4.78, 5) is 27.5. The molecular formula is C19H13N3O4S. The maximum atomic E-state index is 12.6. The van der Waals surface area contributed by atoms with Crippen LogP contribution in [0.2, 0.25) is 0 Å². The van der Waals surface area contributed by atoms with Gasteiger partial charge in [0.05, 0.1) is 22.8 Å². The molecule has 4 aromatic rings. The van der Waals surface area contributed by atoms with Crippen molar-refractivity contribution >= 4 is 49.1 Å². The molecule has 27 heavy (non-hydrogen) atoms. The fourth-order valence-corrected chi connectivity index (χ4v) is 3.71. The lowest BCUT2D eigenvalue weighted by molar-refractivity contribution is -0.384. The van der Waals surface area contributed by atoms with Crippen LogP contribution in [0.1, 0.15) is 10.4 Å². The summed E-state index contributed by atoms with van der Waals surface area (Å²) < 4.78 is 5.76. The summed E-state index contributed by atoms with van der Waals surface area (Å²) in [6, 6.07) is 15.9. The predicted molar refractivity (Wildman–Crippen MR) is 105 cm³/mol. The number of nitrogens with zero attached hydrogens (tertiary/aromatic N) is 2. The Labute approximate surface area is 157 Å². The first kappa shape index (κ1) is 16.9. The average molecular weight is 379 g/mol. The monoisotopic (exact) mass is 379 g/mol. The highest BCUT2D eigenvalue weighted by Gasteiger charge is 2.17. The minimum absolute atomic E-state index is 0.0876. The van der Waals surface area contributed by atoms with E-state index in [9.17, 15) is 14.9 Å². The van der Waals surface area contributed by atoms with Gasteiger partial charge in [-0.15, -0.1) is 0 Å². The minimum atomic E-state index is -0.491. The van der Waals surface area contributed by atoms with Crippen LogP contribution in [-0.2, 0) is 0 Å². The third-order valence-corrected chi connectivity index (χ3v) is 5.03. The number of carbonyl (C=O) groups is 1. The number of rotatable bonds is 4. The zero-order chi connectivity index (χ0) is 19.0. The first-order valence-corrected chi connectivity index (χ1v) is 8.80. The number of hydrogen-bond donors (Lipinski definition) is 1. The second-order valence-electron chi connectivity index (χ2n) is 5.79. The highest BCUT2D eigenvalue weighted by atomic mass is 32.1. The number of amides is 1. The van der Waals surface area contributed by atoms with Crippen LogP contribution in [0.4, 0.5) is 10.8 Å². The molecule has 1 N–H and O–H groups in total. The van der Waals surface area contributed by atoms with E-state index in [1.165, 1.54) is 19.2 Å². The molecule has 1 aromatic heterocycles. The maximum Gasteiger partial charge on any atom is 0.274 e. The molecule has 0 fully saturated rings. The SMILES string of the molecule is COc1cc([N+](=O)[O-])cc2sc(NC(=O)c3ccc4ccccc4c3)nc12. The molecule has 0 unspecified atom stereocenters. The quantitative estimate of drug-likeness (QED) is 0.412. The summed E-state index contributed by atoms with van der Waals surface area (Å²) in [7, 11) is 1.42. The Bertz CT molecular complexity index is 1200. The van der Waals surface area contributed by atoms with E-state index in [2.05, 4.69) is 10.3 Å². The standard InChI is InChI=1S/C19H13N3O4S/c1-26-15-9-14(22(24)25)10-16-17(15)20-19(27-16)21-18(23)13-7-6-11-4-2-3-5-12(11)8-13/h2-10H,1H3,(H,20,21,23). The molecule has 7 nitrogen and oxygen atoms in total. The van der Waals surface area contributed by atoms with Gasteiger partial charge in [-0.05, 0) is 22.9 Å². The number of ether oxygens (including phenoxy) is 1. The number of carbonyl (C=O) groups excluding carboxylic acids is 1. The number of benzene rings is 3. The average Bonchev–Trinajstić information content (AvgIpc) is 3.09. The molecule has 0 radical (unpaired) electrons. The lowest BCUT2D eigenvalue weighted by Gasteiger charge is -2.03. The van der Waals surface area contributed by atoms with Gasteiger partial charge in [0.1, 0.15) is 5.52 Å². The van der Waals surface area contributed by atoms with Crippen molar-refractivity contribution in [3.63, 3.8) is 0 Å². The van der Waals surface area contributed by atoms with E-state index < -0.39 is 4.92 Å². The largest absolute Gasteiger partial charge is 0.494 e. The lowest BCUT2D eigenvalue weighted by atomic mass is 10.1. The second-order valence-corrected chi connectivity index (χ2v) is 6.82. The number of nitrogens with one attached hydrogen (secondary N) is 1. The van der Waals surface area contributed by atoms with Crippen LogP contribution in [0.25, 0.3) is 21.0 Å². The van der Waals surface area contributed by atoms with Gasteiger partial charge >= 0.3 is 0 Å². The number of thiazole rings is 1. The summed E-state index contributed by atoms with van der Waals surface area (Å²) in [5, 5.41) is 16.2. The van der Waals surface area contributed by atoms with Gasteiger partial charge in [0, 0.05) is 11.6 Å². The van der Waals surface area contributed by atoms with Gasteiger partial charge in [-0.3, -0.25) is 20.2 Å². The Morgan fingerprint density at radius 3 is 2.67 bits per heavy atom. The fraction of sp³-hybridized carbons (Fsp3) is 0.0526. The van der Waals surface area contributed by atoms with E-state index in [0.29, 0.717) is 26.7 Å². The van der Waals surface area contributed by atoms with Crippen molar-refractivity contribution < 1.29 is 14.5 Å². The number of non-ortho nitro benzene ring substituents is 1. The van der Waals surface area contributed by atoms with Crippen LogP contribution in [0.3, 0.4) is 0 Å². The molecule has 134 valence electrons. The molecule has 1 amide bonds. The molecule has 0 bridgehead atoms. The first-order chi connectivity index (χ1) is 13.0. The van der Waals surface area contributed by atoms with Gasteiger partial charge in [0.2, 0.25) is 0 Å². The van der Waals surface area contributed by atoms with E-state index in [4.69, 9.17) is 4.74 Å². The molecular weight excluding hydrogens is 366 g/mol. The van der Waals surface area contributed by atoms with Crippen molar-refractivity contribution in [3.8, 4) is 5.75 Å². The Kier molecular flexibility index (Phi) is 4.17. The van der Waals surface area contributed by atoms with Crippen molar-refractivity contribution in [2.75, 3.05) is 12.4 Å².